The summed E-state index contributed by atoms with van der Waals surface area (Å²) in [5, 5.41) is 14.4. The van der Waals surface area contributed by atoms with Crippen molar-refractivity contribution >= 4 is 5.91 Å². The lowest BCUT2D eigenvalue weighted by Crippen LogP contribution is -2.38. The van der Waals surface area contributed by atoms with Crippen molar-refractivity contribution in [3.05, 3.63) is 48.3 Å². The number of aryl methyl sites for hydroxylation is 1. The van der Waals surface area contributed by atoms with Crippen LogP contribution in [0, 0.1) is 5.92 Å². The predicted molar refractivity (Wildman–Crippen MR) is 97.5 cm³/mol. The van der Waals surface area contributed by atoms with E-state index in [2.05, 4.69) is 5.10 Å². The third-order valence-electron chi connectivity index (χ3n) is 5.09. The van der Waals surface area contributed by atoms with E-state index in [9.17, 15) is 9.90 Å². The molecule has 0 aliphatic heterocycles. The second-order valence-electron chi connectivity index (χ2n) is 7.01. The summed E-state index contributed by atoms with van der Waals surface area (Å²) < 4.78 is 1.84. The van der Waals surface area contributed by atoms with Crippen molar-refractivity contribution in [2.24, 2.45) is 5.92 Å². The van der Waals surface area contributed by atoms with Gasteiger partial charge in [-0.05, 0) is 37.0 Å². The first-order valence-electron chi connectivity index (χ1n) is 9.14. The van der Waals surface area contributed by atoms with Crippen LogP contribution in [0.1, 0.15) is 37.7 Å². The van der Waals surface area contributed by atoms with Crippen LogP contribution in [0.5, 0.6) is 0 Å². The van der Waals surface area contributed by atoms with Crippen molar-refractivity contribution in [2.45, 2.75) is 44.6 Å². The first kappa shape index (κ1) is 17.7. The standard InChI is InChI=1S/C20H27N3O2/c1-22(15-17-7-5-6-10-19(17)24)20(25)12-11-16-13-21-23(14-16)18-8-3-2-4-9-18/h2-4,8-9,13-14,17,19,24H,5-7,10-12,15H2,1H3. The normalized spacial score (nSPS) is 20.4. The number of nitrogens with zero attached hydrogens (tertiary/aromatic N) is 3. The Labute approximate surface area is 149 Å². The van der Waals surface area contributed by atoms with Gasteiger partial charge < -0.3 is 10.0 Å². The van der Waals surface area contributed by atoms with Crippen molar-refractivity contribution in [1.82, 2.24) is 14.7 Å². The maximum Gasteiger partial charge on any atom is 0.222 e. The highest BCUT2D eigenvalue weighted by atomic mass is 16.3. The van der Waals surface area contributed by atoms with Crippen LogP contribution in [0.2, 0.25) is 0 Å². The fourth-order valence-electron chi connectivity index (χ4n) is 3.51. The van der Waals surface area contributed by atoms with E-state index in [1.807, 2.05) is 54.5 Å². The number of hydrogen-bond donors (Lipinski definition) is 1. The fraction of sp³-hybridized carbons (Fsp3) is 0.500. The van der Waals surface area contributed by atoms with E-state index in [0.29, 0.717) is 19.4 Å². The molecular formula is C20H27N3O2. The highest BCUT2D eigenvalue weighted by Crippen LogP contribution is 2.25. The van der Waals surface area contributed by atoms with Crippen LogP contribution in [0.25, 0.3) is 5.69 Å². The van der Waals surface area contributed by atoms with Crippen LogP contribution in [0.3, 0.4) is 0 Å². The molecule has 134 valence electrons. The van der Waals surface area contributed by atoms with Crippen LogP contribution >= 0.6 is 0 Å². The van der Waals surface area contributed by atoms with E-state index in [0.717, 1.165) is 36.9 Å². The number of hydrogen-bond acceptors (Lipinski definition) is 3. The van der Waals surface area contributed by atoms with E-state index in [1.165, 1.54) is 0 Å². The molecule has 3 rings (SSSR count). The van der Waals surface area contributed by atoms with Gasteiger partial charge in [0.25, 0.3) is 0 Å². The summed E-state index contributed by atoms with van der Waals surface area (Å²) in [6.07, 6.45) is 8.84. The maximum atomic E-state index is 12.4. The monoisotopic (exact) mass is 341 g/mol. The highest BCUT2D eigenvalue weighted by molar-refractivity contribution is 5.76. The number of carbonyl (C=O) groups excluding carboxylic acids is 1. The number of aromatic nitrogens is 2. The molecule has 1 fully saturated rings. The molecule has 1 amide bonds. The Morgan fingerprint density at radius 1 is 1.28 bits per heavy atom. The van der Waals surface area contributed by atoms with Crippen molar-refractivity contribution in [2.75, 3.05) is 13.6 Å². The molecule has 0 spiro atoms. The average Bonchev–Trinajstić information content (AvgIpc) is 3.11. The zero-order valence-electron chi connectivity index (χ0n) is 14.8. The number of rotatable bonds is 6. The smallest absolute Gasteiger partial charge is 0.222 e. The highest BCUT2D eigenvalue weighted by Gasteiger charge is 2.25. The quantitative estimate of drug-likeness (QED) is 0.879. The Bertz CT molecular complexity index is 683. The summed E-state index contributed by atoms with van der Waals surface area (Å²) in [5.74, 6) is 0.355. The number of para-hydroxylation sites is 1. The molecule has 5 nitrogen and oxygen atoms in total. The molecule has 1 heterocycles. The fourth-order valence-corrected chi connectivity index (χ4v) is 3.51. The van der Waals surface area contributed by atoms with E-state index in [-0.39, 0.29) is 17.9 Å². The van der Waals surface area contributed by atoms with Crippen LogP contribution in [0.15, 0.2) is 42.7 Å². The van der Waals surface area contributed by atoms with Crippen molar-refractivity contribution in [3.8, 4) is 5.69 Å². The van der Waals surface area contributed by atoms with E-state index >= 15 is 0 Å². The molecule has 0 radical (unpaired) electrons. The van der Waals surface area contributed by atoms with Gasteiger partial charge in [0.05, 0.1) is 18.0 Å². The summed E-state index contributed by atoms with van der Waals surface area (Å²) in [6, 6.07) is 9.95. The molecule has 1 aliphatic carbocycles. The Balaban J connectivity index is 1.49. The molecule has 2 unspecified atom stereocenters. The molecule has 5 heteroatoms. The molecule has 1 aromatic carbocycles. The lowest BCUT2D eigenvalue weighted by Gasteiger charge is -2.31. The molecular weight excluding hydrogens is 314 g/mol. The van der Waals surface area contributed by atoms with Crippen molar-refractivity contribution < 1.29 is 9.90 Å². The summed E-state index contributed by atoms with van der Waals surface area (Å²) in [5.41, 5.74) is 2.08. The maximum absolute atomic E-state index is 12.4. The predicted octanol–water partition coefficient (Wildman–Crippen LogP) is 2.81. The molecule has 25 heavy (non-hydrogen) atoms. The largest absolute Gasteiger partial charge is 0.393 e. The third-order valence-corrected chi connectivity index (χ3v) is 5.09. The molecule has 0 bridgehead atoms. The van der Waals surface area contributed by atoms with Gasteiger partial charge >= 0.3 is 0 Å². The Kier molecular flexibility index (Phi) is 5.87. The third kappa shape index (κ3) is 4.69. The molecule has 1 N–H and O–H groups in total. The van der Waals surface area contributed by atoms with Crippen LogP contribution in [-0.2, 0) is 11.2 Å². The van der Waals surface area contributed by atoms with Crippen molar-refractivity contribution in [1.29, 1.82) is 0 Å². The van der Waals surface area contributed by atoms with Crippen LogP contribution in [-0.4, -0.2) is 45.4 Å². The molecule has 2 aromatic rings. The van der Waals surface area contributed by atoms with Gasteiger partial charge in [0.15, 0.2) is 0 Å². The van der Waals surface area contributed by atoms with E-state index in [4.69, 9.17) is 0 Å². The summed E-state index contributed by atoms with van der Waals surface area (Å²) >= 11 is 0. The molecule has 1 aliphatic rings. The molecule has 2 atom stereocenters. The van der Waals surface area contributed by atoms with Gasteiger partial charge in [-0.1, -0.05) is 31.0 Å². The van der Waals surface area contributed by atoms with Gasteiger partial charge in [-0.3, -0.25) is 4.79 Å². The average molecular weight is 341 g/mol. The zero-order chi connectivity index (χ0) is 17.6. The number of benzene rings is 1. The zero-order valence-corrected chi connectivity index (χ0v) is 14.8. The SMILES string of the molecule is CN(CC1CCCCC1O)C(=O)CCc1cnn(-c2ccccc2)c1. The topological polar surface area (TPSA) is 58.4 Å². The first-order valence-corrected chi connectivity index (χ1v) is 9.14. The van der Waals surface area contributed by atoms with Crippen LogP contribution in [0.4, 0.5) is 0 Å². The van der Waals surface area contributed by atoms with Gasteiger partial charge in [0.2, 0.25) is 5.91 Å². The Morgan fingerprint density at radius 2 is 2.04 bits per heavy atom. The second kappa shape index (κ2) is 8.30. The molecule has 1 aromatic heterocycles. The van der Waals surface area contributed by atoms with Gasteiger partial charge in [0.1, 0.15) is 0 Å². The minimum atomic E-state index is -0.256. The minimum Gasteiger partial charge on any atom is -0.393 e. The lowest BCUT2D eigenvalue weighted by atomic mass is 9.86. The van der Waals surface area contributed by atoms with Crippen LogP contribution < -0.4 is 0 Å². The van der Waals surface area contributed by atoms with E-state index < -0.39 is 0 Å². The van der Waals surface area contributed by atoms with Gasteiger partial charge in [-0.25, -0.2) is 4.68 Å². The minimum absolute atomic E-state index is 0.130. The summed E-state index contributed by atoms with van der Waals surface area (Å²) in [6.45, 7) is 0.656. The van der Waals surface area contributed by atoms with Gasteiger partial charge in [-0.15, -0.1) is 0 Å². The van der Waals surface area contributed by atoms with E-state index in [1.54, 1.807) is 4.90 Å². The second-order valence-corrected chi connectivity index (χ2v) is 7.01. The number of aliphatic hydroxyl groups is 1. The number of amides is 1. The number of aliphatic hydroxyl groups excluding tert-OH is 1. The first-order chi connectivity index (χ1) is 12.1. The summed E-state index contributed by atoms with van der Waals surface area (Å²) in [7, 11) is 1.84. The van der Waals surface area contributed by atoms with Gasteiger partial charge in [-0.2, -0.15) is 5.10 Å². The molecule has 1 saturated carbocycles. The van der Waals surface area contributed by atoms with Gasteiger partial charge in [0, 0.05) is 32.1 Å². The lowest BCUT2D eigenvalue weighted by molar-refractivity contribution is -0.131. The van der Waals surface area contributed by atoms with Crippen molar-refractivity contribution in [3.63, 3.8) is 0 Å². The molecule has 0 saturated heterocycles. The Hall–Kier alpha value is -2.14. The Morgan fingerprint density at radius 3 is 2.80 bits per heavy atom. The summed E-state index contributed by atoms with van der Waals surface area (Å²) in [4.78, 5) is 14.2. The number of carbonyl (C=O) groups is 1.